The highest BCUT2D eigenvalue weighted by Crippen LogP contribution is 2.58. The number of esters is 1. The van der Waals surface area contributed by atoms with E-state index in [1.807, 2.05) is 128 Å². The highest BCUT2D eigenvalue weighted by Gasteiger charge is 2.55. The number of hydrogen-bond donors (Lipinski definition) is 2. The maximum atomic E-state index is 13.7. The zero-order valence-corrected chi connectivity index (χ0v) is 39.2. The number of para-hydroxylation sites is 1. The van der Waals surface area contributed by atoms with Crippen LogP contribution in [0.2, 0.25) is 0 Å². The molecule has 68 heavy (non-hydrogen) atoms. The number of hydrogen-bond acceptors (Lipinski definition) is 11. The van der Waals surface area contributed by atoms with Crippen LogP contribution < -0.4 is 24.4 Å². The van der Waals surface area contributed by atoms with Crippen LogP contribution in [0.25, 0.3) is 0 Å². The average molecular weight is 948 g/mol. The molecule has 1 aromatic heterocycles. The van der Waals surface area contributed by atoms with Crippen molar-refractivity contribution in [2.45, 2.75) is 69.1 Å². The quantitative estimate of drug-likeness (QED) is 0.0512. The summed E-state index contributed by atoms with van der Waals surface area (Å²) in [5.74, 6) is 0.301. The maximum absolute atomic E-state index is 13.7. The summed E-state index contributed by atoms with van der Waals surface area (Å²) in [5, 5.41) is 14.4. The van der Waals surface area contributed by atoms with Gasteiger partial charge in [0.1, 0.15) is 53.3 Å². The van der Waals surface area contributed by atoms with E-state index in [2.05, 4.69) is 23.2 Å². The van der Waals surface area contributed by atoms with Gasteiger partial charge >= 0.3 is 11.9 Å². The van der Waals surface area contributed by atoms with E-state index in [0.717, 1.165) is 76.2 Å². The summed E-state index contributed by atoms with van der Waals surface area (Å²) in [6.45, 7) is 2.40. The Labute approximate surface area is 402 Å². The number of aliphatic carboxylic acids is 1. The number of nitrogens with zero attached hydrogens (tertiary/aromatic N) is 2. The molecule has 14 heteroatoms. The normalized spacial score (nSPS) is 18.6. The summed E-state index contributed by atoms with van der Waals surface area (Å²) in [6.07, 6.45) is 5.13. The second kappa shape index (κ2) is 18.9. The Kier molecular flexibility index (Phi) is 12.5. The predicted octanol–water partition coefficient (Wildman–Crippen LogP) is 10.1. The molecule has 1 fully saturated rings. The minimum absolute atomic E-state index is 0.0264. The number of β-lactam (4-membered cyclic amide) rings is 1. The zero-order valence-electron chi connectivity index (χ0n) is 37.6. The smallest absolute Gasteiger partial charge is 0.352 e. The van der Waals surface area contributed by atoms with Crippen molar-refractivity contribution in [3.05, 3.63) is 176 Å². The monoisotopic (exact) mass is 947 g/mol. The highest BCUT2D eigenvalue weighted by molar-refractivity contribution is 8.00. The number of thioether (sulfide) groups is 1. The molecule has 3 atom stereocenters. The molecule has 4 aliphatic heterocycles. The third kappa shape index (κ3) is 8.36. The summed E-state index contributed by atoms with van der Waals surface area (Å²) < 4.78 is 26.1. The first-order valence-electron chi connectivity index (χ1n) is 22.8. The fourth-order valence-corrected chi connectivity index (χ4v) is 11.4. The van der Waals surface area contributed by atoms with Crippen LogP contribution in [-0.2, 0) is 44.2 Å². The molecule has 0 radical (unpaired) electrons. The van der Waals surface area contributed by atoms with E-state index >= 15 is 0 Å². The number of aryl methyl sites for hydroxylation is 1. The zero-order chi connectivity index (χ0) is 46.9. The van der Waals surface area contributed by atoms with E-state index in [0.29, 0.717) is 39.9 Å². The number of rotatable bonds is 17. The van der Waals surface area contributed by atoms with E-state index in [4.69, 9.17) is 18.9 Å². The summed E-state index contributed by atoms with van der Waals surface area (Å²) in [4.78, 5) is 56.3. The number of anilines is 2. The molecule has 1 saturated heterocycles. The molecule has 12 nitrogen and oxygen atoms in total. The Morgan fingerprint density at radius 2 is 1.63 bits per heavy atom. The first kappa shape index (κ1) is 44.8. The molecule has 5 aromatic carbocycles. The van der Waals surface area contributed by atoms with Crippen molar-refractivity contribution >= 4 is 58.2 Å². The van der Waals surface area contributed by atoms with Gasteiger partial charge in [0, 0.05) is 63.4 Å². The van der Waals surface area contributed by atoms with Crippen LogP contribution in [0.15, 0.2) is 138 Å². The Morgan fingerprint density at radius 3 is 2.41 bits per heavy atom. The number of carbonyl (C=O) groups is 4. The van der Waals surface area contributed by atoms with Crippen LogP contribution >= 0.6 is 23.1 Å². The largest absolute Gasteiger partial charge is 0.489 e. The van der Waals surface area contributed by atoms with Crippen molar-refractivity contribution in [1.29, 1.82) is 0 Å². The van der Waals surface area contributed by atoms with E-state index in [9.17, 15) is 24.3 Å². The van der Waals surface area contributed by atoms with Crippen molar-refractivity contribution in [3.8, 4) is 23.0 Å². The van der Waals surface area contributed by atoms with Gasteiger partial charge in [-0.3, -0.25) is 14.5 Å². The molecule has 4 aliphatic rings. The van der Waals surface area contributed by atoms with E-state index in [1.54, 1.807) is 0 Å². The summed E-state index contributed by atoms with van der Waals surface area (Å²) >= 11 is 2.87. The molecule has 0 bridgehead atoms. The molecular weight excluding hydrogens is 899 g/mol. The van der Waals surface area contributed by atoms with Crippen LogP contribution in [0.1, 0.15) is 75.7 Å². The number of amides is 2. The molecule has 2 N–H and O–H groups in total. The van der Waals surface area contributed by atoms with Gasteiger partial charge in [-0.15, -0.1) is 23.1 Å². The molecule has 5 heterocycles. The van der Waals surface area contributed by atoms with Crippen LogP contribution in [0.3, 0.4) is 0 Å². The van der Waals surface area contributed by atoms with Gasteiger partial charge in [-0.25, -0.2) is 9.59 Å². The number of ether oxygens (including phenoxy) is 4. The molecule has 10 rings (SSSR count). The van der Waals surface area contributed by atoms with Gasteiger partial charge < -0.3 is 34.3 Å². The van der Waals surface area contributed by atoms with Crippen molar-refractivity contribution in [2.24, 2.45) is 0 Å². The van der Waals surface area contributed by atoms with Crippen LogP contribution in [0.5, 0.6) is 23.0 Å². The Bertz CT molecular complexity index is 2940. The number of thiophene rings is 1. The third-order valence-electron chi connectivity index (χ3n) is 12.9. The van der Waals surface area contributed by atoms with E-state index < -0.39 is 28.9 Å². The van der Waals surface area contributed by atoms with Crippen LogP contribution in [0.4, 0.5) is 11.4 Å². The molecule has 1 spiro atoms. The van der Waals surface area contributed by atoms with Gasteiger partial charge in [0.15, 0.2) is 5.60 Å². The van der Waals surface area contributed by atoms with Crippen molar-refractivity contribution in [2.75, 3.05) is 24.3 Å². The average Bonchev–Trinajstić information content (AvgIpc) is 3.98. The molecule has 0 saturated carbocycles. The van der Waals surface area contributed by atoms with Gasteiger partial charge in [-0.1, -0.05) is 80.8 Å². The fraction of sp³-hybridized carbons (Fsp3) is 0.259. The minimum atomic E-state index is -1.23. The lowest BCUT2D eigenvalue weighted by Gasteiger charge is -2.49. The number of benzene rings is 5. The Morgan fingerprint density at radius 1 is 0.838 bits per heavy atom. The van der Waals surface area contributed by atoms with Gasteiger partial charge in [0.05, 0.1) is 12.0 Å². The Hall–Kier alpha value is -7.03. The number of nitrogens with one attached hydrogen (secondary N) is 1. The van der Waals surface area contributed by atoms with E-state index in [-0.39, 0.29) is 37.2 Å². The molecule has 0 aliphatic carbocycles. The van der Waals surface area contributed by atoms with Gasteiger partial charge in [-0.05, 0) is 83.9 Å². The lowest BCUT2D eigenvalue weighted by molar-refractivity contribution is -0.150. The fourth-order valence-electron chi connectivity index (χ4n) is 9.42. The van der Waals surface area contributed by atoms with Gasteiger partial charge in [0.2, 0.25) is 5.91 Å². The summed E-state index contributed by atoms with van der Waals surface area (Å²) in [6, 6.07) is 38.0. The number of carboxylic acid groups (broad SMARTS) is 1. The summed E-state index contributed by atoms with van der Waals surface area (Å²) in [5.41, 5.74) is 5.69. The van der Waals surface area contributed by atoms with Gasteiger partial charge in [0.25, 0.3) is 5.91 Å². The molecule has 346 valence electrons. The number of carbonyl (C=O) groups excluding carboxylic acids is 3. The lowest BCUT2D eigenvalue weighted by atomic mass is 9.77. The van der Waals surface area contributed by atoms with Crippen molar-refractivity contribution in [3.63, 3.8) is 0 Å². The Balaban J connectivity index is 0.879. The van der Waals surface area contributed by atoms with Crippen LogP contribution in [0, 0.1) is 0 Å². The SMILES string of the molecule is CCCCCCc1cc2c(cc1OCc1ccc(OCC3=C(C(=O)O)N4C(=O)[C@H](NC(=O)Cc5cccs5)C4SC3)cc1)Oc1cc(N(C)c3ccccc3)ccc1C21OC(=O)c2ccccc21. The topological polar surface area (TPSA) is 144 Å². The van der Waals surface area contributed by atoms with Crippen molar-refractivity contribution in [1.82, 2.24) is 10.2 Å². The lowest BCUT2D eigenvalue weighted by Crippen LogP contribution is -2.70. The molecule has 6 aromatic rings. The second-order valence-electron chi connectivity index (χ2n) is 17.2. The standard InChI is InChI=1S/C54H49N3O9S2/c1-3-4-5-7-13-34-26-43-46(65-45-27-37(56(2)36-14-8-6-9-15-36)21-24-42(45)54(43)41-18-11-10-17-40(41)53(62)66-54)29-44(34)64-30-33-19-22-38(23-20-33)63-31-35-32-68-51-48(50(59)57(51)49(35)52(60)61)55-47(58)28-39-16-12-25-67-39/h6,8-12,14-27,29,48,51H,3-5,7,13,28,30-32H2,1-2H3,(H,55,58)(H,60,61)/t48-,51?,54?/m0/s1. The minimum Gasteiger partial charge on any atom is -0.489 e. The number of carboxylic acids is 1. The summed E-state index contributed by atoms with van der Waals surface area (Å²) in [7, 11) is 2.00. The third-order valence-corrected chi connectivity index (χ3v) is 15.1. The van der Waals surface area contributed by atoms with E-state index in [1.165, 1.54) is 28.0 Å². The maximum Gasteiger partial charge on any atom is 0.352 e. The first-order valence-corrected chi connectivity index (χ1v) is 24.7. The molecule has 2 amide bonds. The predicted molar refractivity (Wildman–Crippen MR) is 261 cm³/mol. The molecular formula is C54H49N3O9S2. The van der Waals surface area contributed by atoms with Gasteiger partial charge in [-0.2, -0.15) is 0 Å². The number of fused-ring (bicyclic) bond motifs is 7. The second-order valence-corrected chi connectivity index (χ2v) is 19.4. The number of unbranched alkanes of at least 4 members (excludes halogenated alkanes) is 3. The molecule has 2 unspecified atom stereocenters. The van der Waals surface area contributed by atoms with Crippen molar-refractivity contribution < 1.29 is 43.2 Å². The highest BCUT2D eigenvalue weighted by atomic mass is 32.2. The van der Waals surface area contributed by atoms with Crippen LogP contribution in [-0.4, -0.2) is 64.6 Å². The first-order chi connectivity index (χ1) is 33.1.